The standard InChI is InChI=1S/C13H15NO5/c15-8-11(6-7-12(16)17)14-13(18)19-9-10-4-2-1-3-5-10/h1-5,8,11H,6-7,9H2,(H,14,18)(H,16,17)/t11-/m0/s1. The first-order valence-electron chi connectivity index (χ1n) is 5.76. The predicted molar refractivity (Wildman–Crippen MR) is 66.5 cm³/mol. The number of hydrogen-bond acceptors (Lipinski definition) is 4. The maximum Gasteiger partial charge on any atom is 0.408 e. The van der Waals surface area contributed by atoms with Crippen LogP contribution in [0.25, 0.3) is 0 Å². The van der Waals surface area contributed by atoms with E-state index in [1.807, 2.05) is 18.2 Å². The molecule has 1 amide bonds. The third-order valence-corrected chi connectivity index (χ3v) is 2.35. The van der Waals surface area contributed by atoms with Crippen molar-refractivity contribution in [2.24, 2.45) is 0 Å². The van der Waals surface area contributed by atoms with E-state index in [4.69, 9.17) is 9.84 Å². The summed E-state index contributed by atoms with van der Waals surface area (Å²) in [4.78, 5) is 32.4. The summed E-state index contributed by atoms with van der Waals surface area (Å²) in [5, 5.41) is 10.8. The summed E-state index contributed by atoms with van der Waals surface area (Å²) in [5.41, 5.74) is 0.825. The molecule has 0 aromatic heterocycles. The number of carboxylic acid groups (broad SMARTS) is 1. The SMILES string of the molecule is O=C[C@H](CCC(=O)O)NC(=O)OCc1ccccc1. The van der Waals surface area contributed by atoms with Crippen molar-refractivity contribution in [1.29, 1.82) is 0 Å². The number of carbonyl (C=O) groups excluding carboxylic acids is 2. The molecular weight excluding hydrogens is 250 g/mol. The Morgan fingerprint density at radius 3 is 2.58 bits per heavy atom. The highest BCUT2D eigenvalue weighted by atomic mass is 16.5. The summed E-state index contributed by atoms with van der Waals surface area (Å²) >= 11 is 0. The minimum absolute atomic E-state index is 0.0409. The van der Waals surface area contributed by atoms with E-state index in [2.05, 4.69) is 5.32 Å². The van der Waals surface area contributed by atoms with Gasteiger partial charge in [0.15, 0.2) is 0 Å². The van der Waals surface area contributed by atoms with Crippen LogP contribution in [0.4, 0.5) is 4.79 Å². The number of benzene rings is 1. The lowest BCUT2D eigenvalue weighted by atomic mass is 10.2. The van der Waals surface area contributed by atoms with E-state index in [-0.39, 0.29) is 19.4 Å². The van der Waals surface area contributed by atoms with Crippen molar-refractivity contribution in [3.8, 4) is 0 Å². The molecule has 0 unspecified atom stereocenters. The van der Waals surface area contributed by atoms with Gasteiger partial charge >= 0.3 is 12.1 Å². The molecule has 0 heterocycles. The Balaban J connectivity index is 2.32. The van der Waals surface area contributed by atoms with E-state index in [1.165, 1.54) is 0 Å². The van der Waals surface area contributed by atoms with Gasteiger partial charge in [-0.25, -0.2) is 4.79 Å². The van der Waals surface area contributed by atoms with Crippen LogP contribution in [-0.2, 0) is 20.9 Å². The molecule has 0 radical (unpaired) electrons. The zero-order valence-corrected chi connectivity index (χ0v) is 10.2. The van der Waals surface area contributed by atoms with Gasteiger partial charge in [0.1, 0.15) is 12.9 Å². The normalized spacial score (nSPS) is 11.4. The van der Waals surface area contributed by atoms with Crippen molar-refractivity contribution in [1.82, 2.24) is 5.32 Å². The topological polar surface area (TPSA) is 92.7 Å². The molecule has 6 nitrogen and oxygen atoms in total. The molecule has 0 bridgehead atoms. The number of hydrogen-bond donors (Lipinski definition) is 2. The second kappa shape index (κ2) is 7.86. The summed E-state index contributed by atoms with van der Waals surface area (Å²) in [5.74, 6) is -1.02. The average molecular weight is 265 g/mol. The fraction of sp³-hybridized carbons (Fsp3) is 0.308. The van der Waals surface area contributed by atoms with Crippen LogP contribution in [-0.4, -0.2) is 29.5 Å². The Bertz CT molecular complexity index is 432. The van der Waals surface area contributed by atoms with Crippen LogP contribution in [0, 0.1) is 0 Å². The molecule has 1 aromatic rings. The number of amides is 1. The fourth-order valence-electron chi connectivity index (χ4n) is 1.37. The first-order chi connectivity index (χ1) is 9.11. The minimum Gasteiger partial charge on any atom is -0.481 e. The molecule has 0 aliphatic rings. The number of carbonyl (C=O) groups is 3. The van der Waals surface area contributed by atoms with E-state index >= 15 is 0 Å². The number of aldehydes is 1. The van der Waals surface area contributed by atoms with E-state index in [1.54, 1.807) is 12.1 Å². The van der Waals surface area contributed by atoms with Gasteiger partial charge in [0, 0.05) is 6.42 Å². The first-order valence-corrected chi connectivity index (χ1v) is 5.76. The molecule has 0 fully saturated rings. The maximum atomic E-state index is 11.4. The lowest BCUT2D eigenvalue weighted by Gasteiger charge is -2.11. The predicted octanol–water partition coefficient (Wildman–Crippen LogP) is 1.35. The van der Waals surface area contributed by atoms with E-state index in [0.29, 0.717) is 6.29 Å². The third kappa shape index (κ3) is 6.21. The molecule has 0 saturated carbocycles. The highest BCUT2D eigenvalue weighted by molar-refractivity contribution is 5.74. The molecular formula is C13H15NO5. The molecule has 1 rings (SSSR count). The van der Waals surface area contributed by atoms with Gasteiger partial charge in [0.2, 0.25) is 0 Å². The number of ether oxygens (including phenoxy) is 1. The molecule has 0 saturated heterocycles. The van der Waals surface area contributed by atoms with Gasteiger partial charge in [-0.3, -0.25) is 4.79 Å². The van der Waals surface area contributed by atoms with E-state index in [0.717, 1.165) is 5.56 Å². The fourth-order valence-corrected chi connectivity index (χ4v) is 1.37. The monoisotopic (exact) mass is 265 g/mol. The average Bonchev–Trinajstić information content (AvgIpc) is 2.42. The van der Waals surface area contributed by atoms with Gasteiger partial charge in [-0.1, -0.05) is 30.3 Å². The lowest BCUT2D eigenvalue weighted by Crippen LogP contribution is -2.36. The van der Waals surface area contributed by atoms with Crippen LogP contribution >= 0.6 is 0 Å². The van der Waals surface area contributed by atoms with Crippen LogP contribution < -0.4 is 5.32 Å². The molecule has 6 heteroatoms. The van der Waals surface area contributed by atoms with E-state index < -0.39 is 18.1 Å². The summed E-state index contributed by atoms with van der Waals surface area (Å²) in [6.07, 6.45) is -0.403. The summed E-state index contributed by atoms with van der Waals surface area (Å²) in [6.45, 7) is 0.0944. The van der Waals surface area contributed by atoms with Crippen LogP contribution in [0.2, 0.25) is 0 Å². The van der Waals surface area contributed by atoms with E-state index in [9.17, 15) is 14.4 Å². The van der Waals surface area contributed by atoms with Crippen molar-refractivity contribution in [2.75, 3.05) is 0 Å². The van der Waals surface area contributed by atoms with Gasteiger partial charge in [-0.2, -0.15) is 0 Å². The third-order valence-electron chi connectivity index (χ3n) is 2.35. The minimum atomic E-state index is -1.02. The van der Waals surface area contributed by atoms with Crippen LogP contribution in [0.1, 0.15) is 18.4 Å². The molecule has 19 heavy (non-hydrogen) atoms. The quantitative estimate of drug-likeness (QED) is 0.726. The van der Waals surface area contributed by atoms with Gasteiger partial charge in [0.25, 0.3) is 0 Å². The number of carboxylic acids is 1. The van der Waals surface area contributed by atoms with Crippen molar-refractivity contribution in [3.63, 3.8) is 0 Å². The first kappa shape index (κ1) is 14.7. The molecule has 2 N–H and O–H groups in total. The summed E-state index contributed by atoms with van der Waals surface area (Å²) in [7, 11) is 0. The molecule has 0 aliphatic heterocycles. The zero-order chi connectivity index (χ0) is 14.1. The molecule has 1 aromatic carbocycles. The largest absolute Gasteiger partial charge is 0.481 e. The number of aliphatic carboxylic acids is 1. The van der Waals surface area contributed by atoms with Crippen molar-refractivity contribution in [3.05, 3.63) is 35.9 Å². The van der Waals surface area contributed by atoms with Gasteiger partial charge < -0.3 is 20.0 Å². The van der Waals surface area contributed by atoms with Crippen LogP contribution in [0.15, 0.2) is 30.3 Å². The smallest absolute Gasteiger partial charge is 0.408 e. The summed E-state index contributed by atoms with van der Waals surface area (Å²) < 4.78 is 4.91. The van der Waals surface area contributed by atoms with Crippen molar-refractivity contribution >= 4 is 18.3 Å². The maximum absolute atomic E-state index is 11.4. The van der Waals surface area contributed by atoms with Crippen molar-refractivity contribution < 1.29 is 24.2 Å². The van der Waals surface area contributed by atoms with Crippen LogP contribution in [0.5, 0.6) is 0 Å². The number of alkyl carbamates (subject to hydrolysis) is 1. The van der Waals surface area contributed by atoms with Gasteiger partial charge in [0.05, 0.1) is 6.04 Å². The Morgan fingerprint density at radius 2 is 2.00 bits per heavy atom. The molecule has 1 atom stereocenters. The van der Waals surface area contributed by atoms with Gasteiger partial charge in [-0.05, 0) is 12.0 Å². The van der Waals surface area contributed by atoms with Crippen molar-refractivity contribution in [2.45, 2.75) is 25.5 Å². The van der Waals surface area contributed by atoms with Gasteiger partial charge in [-0.15, -0.1) is 0 Å². The highest BCUT2D eigenvalue weighted by Crippen LogP contribution is 2.01. The molecule has 0 aliphatic carbocycles. The van der Waals surface area contributed by atoms with Crippen LogP contribution in [0.3, 0.4) is 0 Å². The molecule has 0 spiro atoms. The lowest BCUT2D eigenvalue weighted by molar-refractivity contribution is -0.137. The number of nitrogens with one attached hydrogen (secondary N) is 1. The Morgan fingerprint density at radius 1 is 1.32 bits per heavy atom. The second-order valence-electron chi connectivity index (χ2n) is 3.88. The zero-order valence-electron chi connectivity index (χ0n) is 10.2. The Labute approximate surface area is 110 Å². The second-order valence-corrected chi connectivity index (χ2v) is 3.88. The molecule has 102 valence electrons. The Kier molecular flexibility index (Phi) is 6.08. The Hall–Kier alpha value is -2.37. The summed E-state index contributed by atoms with van der Waals surface area (Å²) in [6, 6.07) is 8.23. The number of rotatable bonds is 7. The highest BCUT2D eigenvalue weighted by Gasteiger charge is 2.13.